The van der Waals surface area contributed by atoms with Gasteiger partial charge in [0.15, 0.2) is 5.82 Å². The molecule has 0 saturated carbocycles. The van der Waals surface area contributed by atoms with Crippen LogP contribution in [0, 0.1) is 0 Å². The molecule has 0 saturated heterocycles. The second-order valence-corrected chi connectivity index (χ2v) is 9.08. The minimum Gasteiger partial charge on any atom is -0.335 e. The highest BCUT2D eigenvalue weighted by Crippen LogP contribution is 2.34. The summed E-state index contributed by atoms with van der Waals surface area (Å²) in [5, 5.41) is 13.6. The van der Waals surface area contributed by atoms with E-state index in [0.29, 0.717) is 24.5 Å². The average molecular weight is 480 g/mol. The normalized spacial score (nSPS) is 12.9. The number of nitrogens with one attached hydrogen (secondary N) is 3. The van der Waals surface area contributed by atoms with Crippen molar-refractivity contribution in [3.63, 3.8) is 0 Å². The number of pyridine rings is 1. The van der Waals surface area contributed by atoms with E-state index in [2.05, 4.69) is 54.1 Å². The Bertz CT molecular complexity index is 1610. The maximum absolute atomic E-state index is 11.8. The van der Waals surface area contributed by atoms with E-state index in [4.69, 9.17) is 4.98 Å². The lowest BCUT2D eigenvalue weighted by molar-refractivity contribution is -0.115. The van der Waals surface area contributed by atoms with Crippen molar-refractivity contribution in [3.05, 3.63) is 76.5 Å². The number of H-pyrrole nitrogens is 2. The highest BCUT2D eigenvalue weighted by molar-refractivity contribution is 7.11. The largest absolute Gasteiger partial charge is 0.335 e. The van der Waals surface area contributed by atoms with E-state index in [9.17, 15) is 4.79 Å². The highest BCUT2D eigenvalue weighted by atomic mass is 32.1. The monoisotopic (exact) mass is 479 g/mol. The predicted molar refractivity (Wildman–Crippen MR) is 140 cm³/mol. The van der Waals surface area contributed by atoms with E-state index in [-0.39, 0.29) is 5.91 Å². The lowest BCUT2D eigenvalue weighted by Gasteiger charge is -2.06. The Morgan fingerprint density at radius 3 is 2.94 bits per heavy atom. The zero-order valence-electron chi connectivity index (χ0n) is 18.9. The summed E-state index contributed by atoms with van der Waals surface area (Å²) in [6.45, 7) is 2.44. The molecule has 9 heteroatoms. The molecule has 4 aromatic heterocycles. The number of carbonyl (C=O) groups excluding carboxylic acids is 1. The zero-order valence-corrected chi connectivity index (χ0v) is 19.7. The molecule has 1 aromatic carbocycles. The number of thiophene rings is 1. The first-order chi connectivity index (χ1) is 17.2. The van der Waals surface area contributed by atoms with Crippen LogP contribution in [-0.4, -0.2) is 43.8 Å². The molecule has 172 valence electrons. The smallest absolute Gasteiger partial charge is 0.224 e. The first-order valence-corrected chi connectivity index (χ1v) is 12.2. The maximum Gasteiger partial charge on any atom is 0.224 e. The van der Waals surface area contributed by atoms with E-state index in [1.165, 1.54) is 0 Å². The van der Waals surface area contributed by atoms with Crippen molar-refractivity contribution in [1.29, 1.82) is 0 Å². The highest BCUT2D eigenvalue weighted by Gasteiger charge is 2.20. The van der Waals surface area contributed by atoms with Crippen molar-refractivity contribution in [3.8, 4) is 22.6 Å². The second-order valence-electron chi connectivity index (χ2n) is 8.13. The minimum atomic E-state index is -0.0476. The van der Waals surface area contributed by atoms with Crippen LogP contribution in [0.4, 0.5) is 5.69 Å². The molecule has 1 aliphatic heterocycles. The van der Waals surface area contributed by atoms with Gasteiger partial charge in [0.25, 0.3) is 0 Å². The predicted octanol–water partition coefficient (Wildman–Crippen LogP) is 5.29. The van der Waals surface area contributed by atoms with Crippen molar-refractivity contribution in [2.45, 2.75) is 13.3 Å². The number of aromatic nitrogens is 5. The van der Waals surface area contributed by atoms with Crippen LogP contribution in [0.15, 0.2) is 65.2 Å². The Morgan fingerprint density at radius 2 is 2.09 bits per heavy atom. The topological polar surface area (TPSA) is 112 Å². The maximum atomic E-state index is 11.8. The third kappa shape index (κ3) is 3.95. The van der Waals surface area contributed by atoms with Gasteiger partial charge in [0, 0.05) is 40.2 Å². The number of hydrogen-bond acceptors (Lipinski definition) is 6. The number of anilines is 1. The van der Waals surface area contributed by atoms with Crippen LogP contribution >= 0.6 is 11.3 Å². The lowest BCUT2D eigenvalue weighted by Crippen LogP contribution is -2.09. The third-order valence-electron chi connectivity index (χ3n) is 5.86. The molecule has 0 bridgehead atoms. The number of benzene rings is 1. The number of hydrogen-bond donors (Lipinski definition) is 3. The summed E-state index contributed by atoms with van der Waals surface area (Å²) in [6, 6.07) is 12.1. The molecular formula is C26H21N7OS. The summed E-state index contributed by atoms with van der Waals surface area (Å²) in [7, 11) is 0. The molecule has 0 fully saturated rings. The van der Waals surface area contributed by atoms with Gasteiger partial charge in [-0.05, 0) is 35.2 Å². The van der Waals surface area contributed by atoms with Crippen LogP contribution in [0.1, 0.15) is 29.6 Å². The number of carbonyl (C=O) groups is 1. The minimum absolute atomic E-state index is 0.0476. The number of fused-ring (bicyclic) bond motifs is 2. The molecule has 0 radical (unpaired) electrons. The standard InChI is InChI=1S/C26H21N7OS/c1-2-23(34)29-17-10-16(12-28-13-17)15-5-6-20-19(11-15)25(33-32-20)26-30-21-14-27-8-7-18(24(21)31-26)22-4-3-9-35-22/h3-7,9-14H,2,8H2,1H3,(H,29,34)(H,30,31)(H,32,33). The van der Waals surface area contributed by atoms with Gasteiger partial charge in [0.1, 0.15) is 5.69 Å². The van der Waals surface area contributed by atoms with Crippen LogP contribution in [0.2, 0.25) is 0 Å². The Hall–Kier alpha value is -4.37. The van der Waals surface area contributed by atoms with E-state index >= 15 is 0 Å². The van der Waals surface area contributed by atoms with Gasteiger partial charge in [0.05, 0.1) is 35.3 Å². The van der Waals surface area contributed by atoms with Crippen molar-refractivity contribution >= 4 is 45.6 Å². The molecule has 0 spiro atoms. The Labute approximate surface area is 204 Å². The van der Waals surface area contributed by atoms with Crippen molar-refractivity contribution in [2.24, 2.45) is 4.99 Å². The summed E-state index contributed by atoms with van der Waals surface area (Å²) in [6.07, 6.45) is 7.79. The van der Waals surface area contributed by atoms with E-state index in [1.54, 1.807) is 23.7 Å². The van der Waals surface area contributed by atoms with E-state index in [0.717, 1.165) is 49.6 Å². The fraction of sp³-hybridized carbons (Fsp3) is 0.115. The summed E-state index contributed by atoms with van der Waals surface area (Å²) in [4.78, 5) is 30.1. The Kier molecular flexibility index (Phi) is 5.31. The molecule has 5 heterocycles. The van der Waals surface area contributed by atoms with Gasteiger partial charge in [-0.15, -0.1) is 11.3 Å². The fourth-order valence-electron chi connectivity index (χ4n) is 4.12. The summed E-state index contributed by atoms with van der Waals surface area (Å²) < 4.78 is 0. The molecule has 35 heavy (non-hydrogen) atoms. The van der Waals surface area contributed by atoms with Crippen molar-refractivity contribution in [1.82, 2.24) is 25.1 Å². The van der Waals surface area contributed by atoms with Crippen LogP contribution in [0.5, 0.6) is 0 Å². The van der Waals surface area contributed by atoms with Gasteiger partial charge in [-0.2, -0.15) is 5.10 Å². The van der Waals surface area contributed by atoms with Gasteiger partial charge >= 0.3 is 0 Å². The second kappa shape index (κ2) is 8.77. The number of rotatable bonds is 5. The SMILES string of the molecule is CCC(=O)Nc1cncc(-c2ccc3[nH]nc(-c4nc5c([nH]4)C=NCC=C5c4cccs4)c3c2)c1. The third-order valence-corrected chi connectivity index (χ3v) is 6.76. The van der Waals surface area contributed by atoms with Gasteiger partial charge in [0.2, 0.25) is 5.91 Å². The molecule has 0 aliphatic carbocycles. The first kappa shape index (κ1) is 21.2. The van der Waals surface area contributed by atoms with Crippen LogP contribution < -0.4 is 5.32 Å². The summed E-state index contributed by atoms with van der Waals surface area (Å²) in [5.74, 6) is 0.630. The molecule has 0 unspecified atom stereocenters. The quantitative estimate of drug-likeness (QED) is 0.318. The molecule has 1 aliphatic rings. The number of aromatic amines is 2. The molecule has 0 atom stereocenters. The zero-order chi connectivity index (χ0) is 23.8. The van der Waals surface area contributed by atoms with E-state index < -0.39 is 0 Å². The summed E-state index contributed by atoms with van der Waals surface area (Å²) in [5.41, 5.74) is 7.00. The molecule has 5 aromatic rings. The van der Waals surface area contributed by atoms with Crippen LogP contribution in [-0.2, 0) is 4.79 Å². The molecular weight excluding hydrogens is 458 g/mol. The van der Waals surface area contributed by atoms with E-state index in [1.807, 2.05) is 37.4 Å². The van der Waals surface area contributed by atoms with Gasteiger partial charge in [-0.25, -0.2) is 4.98 Å². The molecule has 6 rings (SSSR count). The Balaban J connectivity index is 1.41. The van der Waals surface area contributed by atoms with Crippen molar-refractivity contribution in [2.75, 3.05) is 11.9 Å². The van der Waals surface area contributed by atoms with Gasteiger partial charge in [-0.1, -0.05) is 25.1 Å². The first-order valence-electron chi connectivity index (χ1n) is 11.3. The number of nitrogens with zero attached hydrogens (tertiary/aromatic N) is 4. The number of aliphatic imine (C=N–C) groups is 1. The molecule has 8 nitrogen and oxygen atoms in total. The average Bonchev–Trinajstić information content (AvgIpc) is 3.62. The summed E-state index contributed by atoms with van der Waals surface area (Å²) >= 11 is 1.69. The van der Waals surface area contributed by atoms with Crippen LogP contribution in [0.25, 0.3) is 39.1 Å². The van der Waals surface area contributed by atoms with Crippen molar-refractivity contribution < 1.29 is 4.79 Å². The van der Waals surface area contributed by atoms with Gasteiger partial charge < -0.3 is 10.3 Å². The van der Waals surface area contributed by atoms with Crippen LogP contribution in [0.3, 0.4) is 0 Å². The lowest BCUT2D eigenvalue weighted by atomic mass is 10.0. The molecule has 3 N–H and O–H groups in total. The van der Waals surface area contributed by atoms with Gasteiger partial charge in [-0.3, -0.25) is 19.9 Å². The number of imidazole rings is 1. The fourth-order valence-corrected chi connectivity index (χ4v) is 4.89. The number of amides is 1. The Morgan fingerprint density at radius 1 is 1.14 bits per heavy atom. The molecule has 1 amide bonds.